The van der Waals surface area contributed by atoms with Crippen LogP contribution in [0.4, 0.5) is 0 Å². The van der Waals surface area contributed by atoms with Gasteiger partial charge in [0.15, 0.2) is 0 Å². The minimum Gasteiger partial charge on any atom is -0.507 e. The molecular weight excluding hydrogens is 260 g/mol. The Hall–Kier alpha value is -2.50. The number of aryl methyl sites for hydroxylation is 1. The van der Waals surface area contributed by atoms with E-state index in [0.29, 0.717) is 11.6 Å². The Labute approximate surface area is 116 Å². The highest BCUT2D eigenvalue weighted by atomic mass is 16.5. The monoisotopic (exact) mass is 276 g/mol. The van der Waals surface area contributed by atoms with Gasteiger partial charge < -0.3 is 19.6 Å². The number of nitrogens with one attached hydrogen (secondary N) is 1. The van der Waals surface area contributed by atoms with Crippen molar-refractivity contribution in [1.82, 2.24) is 10.3 Å². The zero-order valence-electron chi connectivity index (χ0n) is 11.3. The molecular formula is C14H16N2O4. The van der Waals surface area contributed by atoms with Gasteiger partial charge in [0, 0.05) is 12.5 Å². The molecule has 106 valence electrons. The number of oxazole rings is 1. The van der Waals surface area contributed by atoms with Crippen molar-refractivity contribution in [2.75, 3.05) is 7.11 Å². The first-order valence-electron chi connectivity index (χ1n) is 6.22. The molecule has 6 heteroatoms. The van der Waals surface area contributed by atoms with E-state index in [4.69, 9.17) is 9.15 Å². The Morgan fingerprint density at radius 3 is 2.90 bits per heavy atom. The van der Waals surface area contributed by atoms with Crippen molar-refractivity contribution in [3.8, 4) is 11.5 Å². The Kier molecular flexibility index (Phi) is 4.24. The highest BCUT2D eigenvalue weighted by Gasteiger charge is 2.12. The van der Waals surface area contributed by atoms with E-state index in [1.807, 2.05) is 6.92 Å². The van der Waals surface area contributed by atoms with E-state index >= 15 is 0 Å². The highest BCUT2D eigenvalue weighted by Crippen LogP contribution is 2.23. The van der Waals surface area contributed by atoms with Gasteiger partial charge in [-0.25, -0.2) is 4.98 Å². The van der Waals surface area contributed by atoms with Gasteiger partial charge in [-0.15, -0.1) is 0 Å². The number of carbonyl (C=O) groups excluding carboxylic acids is 1. The molecule has 0 aliphatic heterocycles. The Balaban J connectivity index is 2.01. The maximum absolute atomic E-state index is 11.9. The first kappa shape index (κ1) is 13.9. The first-order chi connectivity index (χ1) is 9.63. The van der Waals surface area contributed by atoms with Crippen molar-refractivity contribution in [2.45, 2.75) is 19.9 Å². The van der Waals surface area contributed by atoms with E-state index in [0.717, 1.165) is 12.2 Å². The Morgan fingerprint density at radius 1 is 1.50 bits per heavy atom. The van der Waals surface area contributed by atoms with E-state index in [-0.39, 0.29) is 17.9 Å². The molecule has 0 bridgehead atoms. The second-order valence-corrected chi connectivity index (χ2v) is 4.14. The molecule has 0 radical (unpaired) electrons. The fourth-order valence-corrected chi connectivity index (χ4v) is 1.67. The molecule has 0 spiro atoms. The molecule has 6 nitrogen and oxygen atoms in total. The molecule has 1 aromatic carbocycles. The predicted octanol–water partition coefficient (Wildman–Crippen LogP) is 1.88. The van der Waals surface area contributed by atoms with Gasteiger partial charge in [-0.1, -0.05) is 6.92 Å². The first-order valence-corrected chi connectivity index (χ1v) is 6.22. The summed E-state index contributed by atoms with van der Waals surface area (Å²) >= 11 is 0. The topological polar surface area (TPSA) is 84.6 Å². The van der Waals surface area contributed by atoms with E-state index in [1.165, 1.54) is 19.2 Å². The van der Waals surface area contributed by atoms with Crippen LogP contribution in [0, 0.1) is 0 Å². The number of nitrogens with zero attached hydrogens (tertiary/aromatic N) is 1. The third-order valence-corrected chi connectivity index (χ3v) is 2.80. The number of hydrogen-bond acceptors (Lipinski definition) is 5. The van der Waals surface area contributed by atoms with Crippen LogP contribution in [0.25, 0.3) is 0 Å². The van der Waals surface area contributed by atoms with Crippen LogP contribution in [-0.4, -0.2) is 23.1 Å². The van der Waals surface area contributed by atoms with E-state index < -0.39 is 5.91 Å². The SMILES string of the molecule is CCc1cnc(CNC(=O)c2ccc(OC)cc2O)o1. The van der Waals surface area contributed by atoms with E-state index in [2.05, 4.69) is 10.3 Å². The second-order valence-electron chi connectivity index (χ2n) is 4.14. The van der Waals surface area contributed by atoms with Crippen LogP contribution in [0.5, 0.6) is 11.5 Å². The largest absolute Gasteiger partial charge is 0.507 e. The number of amides is 1. The highest BCUT2D eigenvalue weighted by molar-refractivity contribution is 5.96. The maximum atomic E-state index is 11.9. The van der Waals surface area contributed by atoms with Crippen LogP contribution in [0.15, 0.2) is 28.8 Å². The number of phenolic OH excluding ortho intramolecular Hbond substituents is 1. The minimum absolute atomic E-state index is 0.136. The van der Waals surface area contributed by atoms with Crippen molar-refractivity contribution in [3.05, 3.63) is 41.6 Å². The summed E-state index contributed by atoms with van der Waals surface area (Å²) in [5.41, 5.74) is 0.174. The quantitative estimate of drug-likeness (QED) is 0.871. The molecule has 0 saturated carbocycles. The van der Waals surface area contributed by atoms with Crippen molar-refractivity contribution in [2.24, 2.45) is 0 Å². The number of benzene rings is 1. The number of rotatable bonds is 5. The van der Waals surface area contributed by atoms with Crippen molar-refractivity contribution in [1.29, 1.82) is 0 Å². The number of phenols is 1. The van der Waals surface area contributed by atoms with E-state index in [9.17, 15) is 9.90 Å². The van der Waals surface area contributed by atoms with Gasteiger partial charge in [0.1, 0.15) is 17.3 Å². The van der Waals surface area contributed by atoms with Crippen LogP contribution in [-0.2, 0) is 13.0 Å². The second kappa shape index (κ2) is 6.10. The molecule has 0 aliphatic carbocycles. The maximum Gasteiger partial charge on any atom is 0.255 e. The number of aromatic hydroxyl groups is 1. The van der Waals surface area contributed by atoms with E-state index in [1.54, 1.807) is 12.3 Å². The molecule has 1 heterocycles. The lowest BCUT2D eigenvalue weighted by Gasteiger charge is -2.06. The molecule has 2 aromatic rings. The third kappa shape index (κ3) is 3.09. The summed E-state index contributed by atoms with van der Waals surface area (Å²) in [4.78, 5) is 16.0. The summed E-state index contributed by atoms with van der Waals surface area (Å²) in [5.74, 6) is 1.15. The Bertz CT molecular complexity index is 607. The summed E-state index contributed by atoms with van der Waals surface area (Å²) in [7, 11) is 1.49. The average Bonchev–Trinajstić information content (AvgIpc) is 2.92. The Morgan fingerprint density at radius 2 is 2.30 bits per heavy atom. The smallest absolute Gasteiger partial charge is 0.255 e. The van der Waals surface area contributed by atoms with Crippen LogP contribution < -0.4 is 10.1 Å². The number of carbonyl (C=O) groups is 1. The third-order valence-electron chi connectivity index (χ3n) is 2.80. The normalized spacial score (nSPS) is 10.3. The summed E-state index contributed by atoms with van der Waals surface area (Å²) in [6.45, 7) is 2.13. The van der Waals surface area contributed by atoms with Crippen LogP contribution in [0.2, 0.25) is 0 Å². The number of aromatic nitrogens is 1. The molecule has 1 amide bonds. The molecule has 0 fully saturated rings. The van der Waals surface area contributed by atoms with Gasteiger partial charge in [-0.2, -0.15) is 0 Å². The fourth-order valence-electron chi connectivity index (χ4n) is 1.67. The molecule has 20 heavy (non-hydrogen) atoms. The van der Waals surface area contributed by atoms with Gasteiger partial charge in [0.2, 0.25) is 5.89 Å². The van der Waals surface area contributed by atoms with Gasteiger partial charge in [0.25, 0.3) is 5.91 Å². The molecule has 0 unspecified atom stereocenters. The van der Waals surface area contributed by atoms with Crippen molar-refractivity contribution >= 4 is 5.91 Å². The van der Waals surface area contributed by atoms with Gasteiger partial charge in [-0.3, -0.25) is 4.79 Å². The molecule has 2 rings (SSSR count). The standard InChI is InChI=1S/C14H16N2O4/c1-3-9-7-15-13(20-9)8-16-14(18)11-5-4-10(19-2)6-12(11)17/h4-7,17H,3,8H2,1-2H3,(H,16,18). The summed E-state index contributed by atoms with van der Waals surface area (Å²) in [6, 6.07) is 4.49. The minimum atomic E-state index is -0.401. The molecule has 1 aromatic heterocycles. The van der Waals surface area contributed by atoms with Gasteiger partial charge in [-0.05, 0) is 12.1 Å². The zero-order valence-corrected chi connectivity index (χ0v) is 11.3. The molecule has 0 atom stereocenters. The molecule has 2 N–H and O–H groups in total. The van der Waals surface area contributed by atoms with Gasteiger partial charge in [0.05, 0.1) is 25.4 Å². The van der Waals surface area contributed by atoms with Crippen LogP contribution in [0.3, 0.4) is 0 Å². The number of hydrogen-bond donors (Lipinski definition) is 2. The fraction of sp³-hybridized carbons (Fsp3) is 0.286. The molecule has 0 saturated heterocycles. The summed E-state index contributed by atoms with van der Waals surface area (Å²) in [6.07, 6.45) is 2.38. The van der Waals surface area contributed by atoms with Crippen molar-refractivity contribution < 1.29 is 19.1 Å². The summed E-state index contributed by atoms with van der Waals surface area (Å²) < 4.78 is 10.3. The number of methoxy groups -OCH3 is 1. The van der Waals surface area contributed by atoms with Crippen LogP contribution >= 0.6 is 0 Å². The zero-order chi connectivity index (χ0) is 14.5. The lowest BCUT2D eigenvalue weighted by atomic mass is 10.2. The van der Waals surface area contributed by atoms with Gasteiger partial charge >= 0.3 is 0 Å². The predicted molar refractivity (Wildman–Crippen MR) is 71.7 cm³/mol. The van der Waals surface area contributed by atoms with Crippen molar-refractivity contribution in [3.63, 3.8) is 0 Å². The molecule has 0 aliphatic rings. The lowest BCUT2D eigenvalue weighted by molar-refractivity contribution is 0.0944. The number of ether oxygens (including phenoxy) is 1. The van der Waals surface area contributed by atoms with Crippen LogP contribution in [0.1, 0.15) is 28.9 Å². The average molecular weight is 276 g/mol. The lowest BCUT2D eigenvalue weighted by Crippen LogP contribution is -2.23. The summed E-state index contributed by atoms with van der Waals surface area (Å²) in [5, 5.41) is 12.4.